The van der Waals surface area contributed by atoms with Gasteiger partial charge in [-0.3, -0.25) is 9.59 Å². The van der Waals surface area contributed by atoms with Crippen molar-refractivity contribution in [1.82, 2.24) is 5.32 Å². The molecule has 0 aromatic heterocycles. The van der Waals surface area contributed by atoms with Gasteiger partial charge in [0.05, 0.1) is 17.8 Å². The topological polar surface area (TPSA) is 95.9 Å². The summed E-state index contributed by atoms with van der Waals surface area (Å²) in [5.74, 6) is -1.55. The van der Waals surface area contributed by atoms with Crippen LogP contribution in [-0.4, -0.2) is 40.6 Å². The van der Waals surface area contributed by atoms with E-state index in [-0.39, 0.29) is 12.3 Å². The Morgan fingerprint density at radius 1 is 1.23 bits per heavy atom. The van der Waals surface area contributed by atoms with Crippen molar-refractivity contribution in [3.05, 3.63) is 35.9 Å². The van der Waals surface area contributed by atoms with E-state index in [1.54, 1.807) is 20.8 Å². The lowest BCUT2D eigenvalue weighted by Crippen LogP contribution is -2.55. The molecular formula is C19H28BNO5. The highest BCUT2D eigenvalue weighted by atomic mass is 16.6. The number of amides is 1. The van der Waals surface area contributed by atoms with Gasteiger partial charge in [-0.1, -0.05) is 36.8 Å². The fraction of sp³-hybridized carbons (Fsp3) is 0.579. The third kappa shape index (κ3) is 5.57. The monoisotopic (exact) mass is 361 g/mol. The van der Waals surface area contributed by atoms with Gasteiger partial charge in [-0.25, -0.2) is 0 Å². The van der Waals surface area contributed by atoms with Crippen molar-refractivity contribution in [2.24, 2.45) is 5.41 Å². The molecule has 1 fully saturated rings. The number of rotatable bonds is 7. The molecule has 0 spiro atoms. The highest BCUT2D eigenvalue weighted by Crippen LogP contribution is 2.44. The van der Waals surface area contributed by atoms with Crippen molar-refractivity contribution in [2.45, 2.75) is 64.4 Å². The molecule has 1 aromatic carbocycles. The lowest BCUT2D eigenvalue weighted by atomic mass is 9.65. The van der Waals surface area contributed by atoms with Crippen LogP contribution in [0.1, 0.15) is 52.0 Å². The van der Waals surface area contributed by atoms with Crippen LogP contribution in [0, 0.1) is 5.41 Å². The number of hydrogen-bond donors (Lipinski definition) is 3. The van der Waals surface area contributed by atoms with Crippen LogP contribution in [0.2, 0.25) is 0 Å². The Morgan fingerprint density at radius 3 is 2.31 bits per heavy atom. The molecule has 0 unspecified atom stereocenters. The van der Waals surface area contributed by atoms with Crippen molar-refractivity contribution in [3.63, 3.8) is 0 Å². The third-order valence-corrected chi connectivity index (χ3v) is 4.67. The summed E-state index contributed by atoms with van der Waals surface area (Å²) >= 11 is 0. The molecule has 3 N–H and O–H groups in total. The van der Waals surface area contributed by atoms with Gasteiger partial charge in [0.25, 0.3) is 0 Å². The van der Waals surface area contributed by atoms with E-state index >= 15 is 0 Å². The molecule has 0 radical (unpaired) electrons. The maximum Gasteiger partial charge on any atom is 0.475 e. The maximum atomic E-state index is 12.8. The van der Waals surface area contributed by atoms with Gasteiger partial charge in [0.15, 0.2) is 0 Å². The van der Waals surface area contributed by atoms with Crippen molar-refractivity contribution in [3.8, 4) is 0 Å². The van der Waals surface area contributed by atoms with E-state index in [4.69, 9.17) is 4.74 Å². The fourth-order valence-corrected chi connectivity index (χ4v) is 3.16. The number of esters is 1. The summed E-state index contributed by atoms with van der Waals surface area (Å²) in [5.41, 5.74) is -0.525. The summed E-state index contributed by atoms with van der Waals surface area (Å²) in [6, 6.07) is 9.31. The predicted octanol–water partition coefficient (Wildman–Crippen LogP) is 1.63. The third-order valence-electron chi connectivity index (χ3n) is 4.67. The molecule has 6 nitrogen and oxygen atoms in total. The number of ether oxygens (including phenoxy) is 1. The summed E-state index contributed by atoms with van der Waals surface area (Å²) in [6.45, 7) is 5.36. The number of benzene rings is 1. The van der Waals surface area contributed by atoms with E-state index in [2.05, 4.69) is 5.32 Å². The fourth-order valence-electron chi connectivity index (χ4n) is 3.16. The zero-order valence-electron chi connectivity index (χ0n) is 15.7. The molecule has 2 rings (SSSR count). The average molecular weight is 361 g/mol. The molecule has 142 valence electrons. The second kappa shape index (κ2) is 8.23. The minimum absolute atomic E-state index is 0.00961. The molecule has 1 amide bonds. The van der Waals surface area contributed by atoms with Gasteiger partial charge in [-0.05, 0) is 45.6 Å². The van der Waals surface area contributed by atoms with Crippen LogP contribution in [0.25, 0.3) is 0 Å². The molecule has 1 saturated carbocycles. The Kier molecular flexibility index (Phi) is 6.47. The normalized spacial score (nSPS) is 17.0. The van der Waals surface area contributed by atoms with Crippen LogP contribution in [0.15, 0.2) is 30.3 Å². The zero-order chi connectivity index (χ0) is 19.4. The Bertz CT molecular complexity index is 623. The second-order valence-electron chi connectivity index (χ2n) is 8.08. The molecule has 0 bridgehead atoms. The van der Waals surface area contributed by atoms with Crippen LogP contribution >= 0.6 is 0 Å². The highest BCUT2D eigenvalue weighted by molar-refractivity contribution is 6.43. The van der Waals surface area contributed by atoms with Gasteiger partial charge in [-0.2, -0.15) is 0 Å². The van der Waals surface area contributed by atoms with Gasteiger partial charge in [0.2, 0.25) is 5.91 Å². The van der Waals surface area contributed by atoms with Crippen LogP contribution in [-0.2, 0) is 20.7 Å². The molecule has 7 heteroatoms. The summed E-state index contributed by atoms with van der Waals surface area (Å²) in [6.07, 6.45) is 2.36. The van der Waals surface area contributed by atoms with Gasteiger partial charge in [0.1, 0.15) is 5.60 Å². The molecule has 0 heterocycles. The quantitative estimate of drug-likeness (QED) is 0.507. The molecule has 1 aliphatic carbocycles. The van der Waals surface area contributed by atoms with E-state index in [0.29, 0.717) is 19.3 Å². The Morgan fingerprint density at radius 2 is 1.85 bits per heavy atom. The van der Waals surface area contributed by atoms with Gasteiger partial charge in [-0.15, -0.1) is 0 Å². The first-order valence-corrected chi connectivity index (χ1v) is 9.04. The molecule has 1 atom stereocenters. The lowest BCUT2D eigenvalue weighted by Gasteiger charge is -2.40. The predicted molar refractivity (Wildman–Crippen MR) is 99.0 cm³/mol. The smallest absolute Gasteiger partial charge is 0.460 e. The van der Waals surface area contributed by atoms with Crippen molar-refractivity contribution in [1.29, 1.82) is 0 Å². The molecule has 26 heavy (non-hydrogen) atoms. The Hall–Kier alpha value is -1.86. The van der Waals surface area contributed by atoms with Crippen LogP contribution < -0.4 is 5.32 Å². The zero-order valence-corrected chi connectivity index (χ0v) is 15.7. The number of carbonyl (C=O) groups excluding carboxylic acids is 2. The maximum absolute atomic E-state index is 12.8. The standard InChI is InChI=1S/C19H28BNO5/c1-18(2,3)26-16(22)13-19(10-7-11-19)17(23)21-15(20(24)25)12-14-8-5-4-6-9-14/h4-6,8-9,15,24-25H,7,10-13H2,1-3H3,(H,21,23)/t15-/m0/s1. The summed E-state index contributed by atoms with van der Waals surface area (Å²) in [5, 5.41) is 22.1. The lowest BCUT2D eigenvalue weighted by molar-refractivity contribution is -0.163. The van der Waals surface area contributed by atoms with E-state index in [0.717, 1.165) is 12.0 Å². The highest BCUT2D eigenvalue weighted by Gasteiger charge is 2.47. The Labute approximate surface area is 155 Å². The van der Waals surface area contributed by atoms with Crippen LogP contribution in [0.5, 0.6) is 0 Å². The van der Waals surface area contributed by atoms with E-state index in [1.165, 1.54) is 0 Å². The summed E-state index contributed by atoms with van der Waals surface area (Å²) in [7, 11) is -1.68. The summed E-state index contributed by atoms with van der Waals surface area (Å²) in [4.78, 5) is 25.0. The van der Waals surface area contributed by atoms with Crippen molar-refractivity contribution >= 4 is 19.0 Å². The molecule has 0 saturated heterocycles. The second-order valence-corrected chi connectivity index (χ2v) is 8.08. The molecule has 1 aliphatic rings. The minimum atomic E-state index is -1.68. The van der Waals surface area contributed by atoms with Crippen molar-refractivity contribution < 1.29 is 24.4 Å². The molecule has 0 aliphatic heterocycles. The average Bonchev–Trinajstić information content (AvgIpc) is 2.49. The van der Waals surface area contributed by atoms with Crippen LogP contribution in [0.3, 0.4) is 0 Å². The Balaban J connectivity index is 2.03. The first-order chi connectivity index (χ1) is 12.1. The van der Waals surface area contributed by atoms with E-state index in [9.17, 15) is 19.6 Å². The number of carbonyl (C=O) groups is 2. The minimum Gasteiger partial charge on any atom is -0.460 e. The summed E-state index contributed by atoms with van der Waals surface area (Å²) < 4.78 is 5.35. The van der Waals surface area contributed by atoms with E-state index in [1.807, 2.05) is 30.3 Å². The number of nitrogens with one attached hydrogen (secondary N) is 1. The largest absolute Gasteiger partial charge is 0.475 e. The molecular weight excluding hydrogens is 333 g/mol. The van der Waals surface area contributed by atoms with E-state index < -0.39 is 30.0 Å². The molecule has 1 aromatic rings. The van der Waals surface area contributed by atoms with Crippen molar-refractivity contribution in [2.75, 3.05) is 0 Å². The van der Waals surface area contributed by atoms with Gasteiger partial charge >= 0.3 is 13.1 Å². The number of hydrogen-bond acceptors (Lipinski definition) is 5. The first-order valence-electron chi connectivity index (χ1n) is 9.04. The van der Waals surface area contributed by atoms with Gasteiger partial charge < -0.3 is 20.1 Å². The van der Waals surface area contributed by atoms with Crippen LogP contribution in [0.4, 0.5) is 0 Å². The van der Waals surface area contributed by atoms with Gasteiger partial charge in [0, 0.05) is 0 Å². The first kappa shape index (κ1) is 20.5. The SMILES string of the molecule is CC(C)(C)OC(=O)CC1(C(=O)N[C@@H](Cc2ccccc2)B(O)O)CCC1.